The van der Waals surface area contributed by atoms with Crippen LogP contribution in [0.3, 0.4) is 0 Å². The van der Waals surface area contributed by atoms with E-state index >= 15 is 4.39 Å². The molecule has 4 aliphatic heterocycles. The number of nitrogens with zero attached hydrogens (tertiary/aromatic N) is 8. The van der Waals surface area contributed by atoms with Crippen molar-refractivity contribution in [2.45, 2.75) is 111 Å². The Hall–Kier alpha value is -5.04. The standard InChI is InChI=1S/C43H51FN10O6S/c1-50-36-21-27(8-9-33(36)38(49-50)53-19-13-37(56)47-42(53)58)32-12-16-51(25-35(32)44)24-26-4-2-7-31(20-26)61(59,60)52-17-10-28(11-18-52)46-41-45-23-34-39(48-41)54(40(57)43(34)14-15-43)29-5-3-6-30(55)22-29/h2,4,7-9,20-21,23,28-30,32,35,55H,3,5-6,10-19,22,24-25H2,1H3,(H,45,46,48)(H,47,56,58)/t29?,30-,32?,35?/m1/s1. The monoisotopic (exact) mass is 854 g/mol. The number of piperidine rings is 2. The molecule has 16 nitrogen and oxygen atoms in total. The third-order valence-electron chi connectivity index (χ3n) is 13.8. The number of aliphatic hydroxyl groups excluding tert-OH is 1. The summed E-state index contributed by atoms with van der Waals surface area (Å²) in [6, 6.07) is 12.0. The van der Waals surface area contributed by atoms with Crippen LogP contribution in [0, 0.1) is 0 Å². The summed E-state index contributed by atoms with van der Waals surface area (Å²) in [7, 11) is -2.00. The first kappa shape index (κ1) is 40.1. The van der Waals surface area contributed by atoms with Crippen molar-refractivity contribution in [3.63, 3.8) is 0 Å². The van der Waals surface area contributed by atoms with Crippen molar-refractivity contribution < 1.29 is 32.3 Å². The second kappa shape index (κ2) is 15.4. The molecule has 2 aromatic heterocycles. The van der Waals surface area contributed by atoms with Gasteiger partial charge in [0.05, 0.1) is 21.9 Å². The molecule has 4 aromatic rings. The van der Waals surface area contributed by atoms with Crippen molar-refractivity contribution >= 4 is 56.4 Å². The van der Waals surface area contributed by atoms with Crippen LogP contribution in [-0.2, 0) is 38.6 Å². The zero-order valence-corrected chi connectivity index (χ0v) is 35.0. The molecule has 61 heavy (non-hydrogen) atoms. The number of nitrogens with one attached hydrogen (secondary N) is 2. The second-order valence-corrected chi connectivity index (χ2v) is 19.7. The summed E-state index contributed by atoms with van der Waals surface area (Å²) < 4.78 is 47.0. The SMILES string of the molecule is Cn1nc(N2CCC(=O)NC2=O)c2ccc(C3CCN(Cc4cccc(S(=O)(=O)N5CCC(Nc6ncc7c(n6)N(C6CCC[C@@H](O)C6)C(=O)C76CC6)CC5)c4)CC3F)cc21. The van der Waals surface area contributed by atoms with Crippen LogP contribution in [0.5, 0.6) is 0 Å². The van der Waals surface area contributed by atoms with E-state index in [-0.39, 0.29) is 54.2 Å². The van der Waals surface area contributed by atoms with E-state index in [0.717, 1.165) is 59.7 Å². The first-order chi connectivity index (χ1) is 29.4. The van der Waals surface area contributed by atoms with Crippen molar-refractivity contribution in [2.75, 3.05) is 47.8 Å². The number of rotatable bonds is 9. The van der Waals surface area contributed by atoms with Crippen LogP contribution in [-0.4, -0.2) is 117 Å². The van der Waals surface area contributed by atoms with E-state index in [9.17, 15) is 27.9 Å². The minimum Gasteiger partial charge on any atom is -0.393 e. The Balaban J connectivity index is 0.752. The molecule has 3 N–H and O–H groups in total. The Labute approximate surface area is 353 Å². The van der Waals surface area contributed by atoms with Gasteiger partial charge in [0.2, 0.25) is 27.8 Å². The number of imide groups is 1. The van der Waals surface area contributed by atoms with Crippen LogP contribution in [0.4, 0.5) is 26.8 Å². The van der Waals surface area contributed by atoms with Crippen LogP contribution < -0.4 is 20.4 Å². The molecule has 3 saturated heterocycles. The Bertz CT molecular complexity index is 2520. The molecule has 2 aromatic carbocycles. The first-order valence-corrected chi connectivity index (χ1v) is 23.0. The van der Waals surface area contributed by atoms with Gasteiger partial charge in [-0.15, -0.1) is 0 Å². The van der Waals surface area contributed by atoms with Crippen molar-refractivity contribution in [3.8, 4) is 0 Å². The molecular formula is C43H51FN10O6S. The summed E-state index contributed by atoms with van der Waals surface area (Å²) >= 11 is 0. The lowest BCUT2D eigenvalue weighted by Crippen LogP contribution is -2.49. The van der Waals surface area contributed by atoms with E-state index in [1.807, 2.05) is 34.1 Å². The highest BCUT2D eigenvalue weighted by molar-refractivity contribution is 7.89. The molecule has 6 aliphatic rings. The predicted octanol–water partition coefficient (Wildman–Crippen LogP) is 4.08. The van der Waals surface area contributed by atoms with Gasteiger partial charge in [-0.25, -0.2) is 22.6 Å². The molecule has 0 radical (unpaired) electrons. The highest BCUT2D eigenvalue weighted by atomic mass is 32.2. The highest BCUT2D eigenvalue weighted by Crippen LogP contribution is 2.57. The van der Waals surface area contributed by atoms with Gasteiger partial charge in [0.15, 0.2) is 5.82 Å². The van der Waals surface area contributed by atoms with Crippen LogP contribution in [0.1, 0.15) is 86.8 Å². The van der Waals surface area contributed by atoms with Crippen molar-refractivity contribution in [2.24, 2.45) is 7.05 Å². The molecule has 2 saturated carbocycles. The lowest BCUT2D eigenvalue weighted by atomic mass is 9.87. The van der Waals surface area contributed by atoms with Crippen molar-refractivity contribution in [1.29, 1.82) is 0 Å². The lowest BCUT2D eigenvalue weighted by molar-refractivity contribution is -0.121. The van der Waals surface area contributed by atoms with E-state index in [1.54, 1.807) is 36.1 Å². The average Bonchev–Trinajstić information content (AvgIpc) is 3.94. The fraction of sp³-hybridized carbons (Fsp3) is 0.535. The van der Waals surface area contributed by atoms with E-state index in [1.165, 1.54) is 9.21 Å². The molecule has 4 amide bonds. The third-order valence-corrected chi connectivity index (χ3v) is 15.7. The topological polar surface area (TPSA) is 186 Å². The Morgan fingerprint density at radius 3 is 2.56 bits per heavy atom. The molecule has 4 atom stereocenters. The maximum Gasteiger partial charge on any atom is 0.329 e. The normalized spacial score (nSPS) is 26.2. The number of hydrogen-bond acceptors (Lipinski definition) is 11. The summed E-state index contributed by atoms with van der Waals surface area (Å²) in [5.74, 6) is 0.958. The molecule has 6 heterocycles. The van der Waals surface area contributed by atoms with Gasteiger partial charge in [-0.1, -0.05) is 18.2 Å². The van der Waals surface area contributed by atoms with E-state index < -0.39 is 33.7 Å². The summed E-state index contributed by atoms with van der Waals surface area (Å²) in [5, 5.41) is 21.4. The average molecular weight is 855 g/mol. The van der Waals surface area contributed by atoms with Gasteiger partial charge < -0.3 is 10.4 Å². The minimum absolute atomic E-state index is 0.0521. The first-order valence-electron chi connectivity index (χ1n) is 21.6. The number of carbonyl (C=O) groups is 3. The zero-order chi connectivity index (χ0) is 42.2. The second-order valence-electron chi connectivity index (χ2n) is 17.8. The number of fused-ring (bicyclic) bond motifs is 3. The maximum atomic E-state index is 16.0. The summed E-state index contributed by atoms with van der Waals surface area (Å²) in [4.78, 5) is 52.8. The maximum absolute atomic E-state index is 16.0. The van der Waals surface area contributed by atoms with Gasteiger partial charge in [0.25, 0.3) is 0 Å². The van der Waals surface area contributed by atoms with Gasteiger partial charge in [-0.3, -0.25) is 34.3 Å². The number of aromatic nitrogens is 4. The number of carbonyl (C=O) groups excluding carboxylic acids is 3. The molecule has 0 bridgehead atoms. The van der Waals surface area contributed by atoms with E-state index in [2.05, 4.69) is 20.7 Å². The number of sulfonamides is 1. The Morgan fingerprint density at radius 1 is 0.984 bits per heavy atom. The van der Waals surface area contributed by atoms with E-state index in [0.29, 0.717) is 69.4 Å². The van der Waals surface area contributed by atoms with Gasteiger partial charge in [-0.2, -0.15) is 14.4 Å². The number of halogens is 1. The third kappa shape index (κ3) is 7.24. The van der Waals surface area contributed by atoms with Gasteiger partial charge in [0.1, 0.15) is 12.0 Å². The Morgan fingerprint density at radius 2 is 1.80 bits per heavy atom. The van der Waals surface area contributed by atoms with Crippen LogP contribution in [0.15, 0.2) is 53.6 Å². The number of alkyl halides is 1. The van der Waals surface area contributed by atoms with Crippen molar-refractivity contribution in [3.05, 3.63) is 65.4 Å². The number of benzene rings is 2. The van der Waals surface area contributed by atoms with Crippen LogP contribution >= 0.6 is 0 Å². The van der Waals surface area contributed by atoms with Gasteiger partial charge in [-0.05, 0) is 99.7 Å². The number of amides is 4. The lowest BCUT2D eigenvalue weighted by Gasteiger charge is -2.35. The molecular weight excluding hydrogens is 804 g/mol. The molecule has 5 fully saturated rings. The molecule has 322 valence electrons. The zero-order valence-electron chi connectivity index (χ0n) is 34.2. The van der Waals surface area contributed by atoms with E-state index in [4.69, 9.17) is 4.98 Å². The number of anilines is 3. The molecule has 18 heteroatoms. The van der Waals surface area contributed by atoms with Gasteiger partial charge in [0, 0.05) is 81.3 Å². The predicted molar refractivity (Wildman–Crippen MR) is 224 cm³/mol. The van der Waals surface area contributed by atoms with Gasteiger partial charge >= 0.3 is 6.03 Å². The molecule has 3 unspecified atom stereocenters. The quantitative estimate of drug-likeness (QED) is 0.220. The fourth-order valence-corrected chi connectivity index (χ4v) is 11.8. The fourth-order valence-electron chi connectivity index (χ4n) is 10.3. The van der Waals surface area contributed by atoms with Crippen LogP contribution in [0.2, 0.25) is 0 Å². The smallest absolute Gasteiger partial charge is 0.329 e. The number of hydrogen-bond donors (Lipinski definition) is 3. The van der Waals surface area contributed by atoms with Crippen LogP contribution in [0.25, 0.3) is 10.9 Å². The molecule has 10 rings (SSSR count). The Kier molecular flexibility index (Phi) is 10.1. The summed E-state index contributed by atoms with van der Waals surface area (Å²) in [5.41, 5.74) is 2.78. The minimum atomic E-state index is -3.78. The number of likely N-dealkylation sites (tertiary alicyclic amines) is 1. The highest BCUT2D eigenvalue weighted by Gasteiger charge is 2.61. The number of urea groups is 1. The summed E-state index contributed by atoms with van der Waals surface area (Å²) in [6.45, 7) is 2.12. The number of aryl methyl sites for hydroxylation is 1. The summed E-state index contributed by atoms with van der Waals surface area (Å²) in [6.07, 6.45) is 6.66. The molecule has 2 aliphatic carbocycles. The van der Waals surface area contributed by atoms with Crippen molar-refractivity contribution in [1.82, 2.24) is 34.3 Å². The largest absolute Gasteiger partial charge is 0.393 e. The molecule has 1 spiro atoms. The number of aliphatic hydroxyl groups is 1.